The summed E-state index contributed by atoms with van der Waals surface area (Å²) in [4.78, 5) is 47.2. The van der Waals surface area contributed by atoms with Gasteiger partial charge >= 0.3 is 6.03 Å². The summed E-state index contributed by atoms with van der Waals surface area (Å²) in [5, 5.41) is 15.2. The molecule has 2 aliphatic rings. The molecule has 184 valence electrons. The average molecular weight is 478 g/mol. The highest BCUT2D eigenvalue weighted by Gasteiger charge is 2.35. The zero-order valence-corrected chi connectivity index (χ0v) is 20.2. The fourth-order valence-corrected chi connectivity index (χ4v) is 4.50. The molecule has 0 radical (unpaired) electrons. The number of hydrogen-bond acceptors (Lipinski definition) is 5. The van der Waals surface area contributed by atoms with Crippen LogP contribution in [-0.2, 0) is 9.59 Å². The van der Waals surface area contributed by atoms with Gasteiger partial charge in [-0.15, -0.1) is 0 Å². The molecule has 0 bridgehead atoms. The Bertz CT molecular complexity index is 1170. The minimum Gasteiger partial charge on any atom is -0.393 e. The van der Waals surface area contributed by atoms with Crippen molar-refractivity contribution >= 4 is 34.9 Å². The monoisotopic (exact) mass is 477 g/mol. The second-order valence-electron chi connectivity index (χ2n) is 9.09. The number of rotatable bonds is 4. The highest BCUT2D eigenvalue weighted by atomic mass is 16.3. The third kappa shape index (κ3) is 5.51. The number of likely N-dealkylation sites (tertiary alicyclic amines) is 1. The number of nitrogens with zero attached hydrogens (tertiary/aromatic N) is 3. The van der Waals surface area contributed by atoms with Gasteiger partial charge in [0.2, 0.25) is 12.1 Å². The van der Waals surface area contributed by atoms with Crippen molar-refractivity contribution in [2.24, 2.45) is 4.99 Å². The molecule has 2 aromatic carbocycles. The highest BCUT2D eigenvalue weighted by molar-refractivity contribution is 6.14. The Labute approximate surface area is 204 Å². The summed E-state index contributed by atoms with van der Waals surface area (Å²) >= 11 is 0. The topological polar surface area (TPSA) is 114 Å². The smallest absolute Gasteiger partial charge is 0.321 e. The standard InChI is InChI=1S/C26H31N5O4/c1-16-6-4-8-19(14-16)28-26(35)29-24-25(34)31(15-22(33)30-12-10-20(32)11-13-30)23-17(2)7-5-9-21(23)18(3)27-24/h4-9,14,20,24,32H,10-13,15H2,1-3H3,(H2,28,29,35). The first-order valence-corrected chi connectivity index (χ1v) is 11.8. The van der Waals surface area contributed by atoms with Gasteiger partial charge < -0.3 is 20.6 Å². The molecule has 4 rings (SSSR count). The summed E-state index contributed by atoms with van der Waals surface area (Å²) in [7, 11) is 0. The predicted molar refractivity (Wildman–Crippen MR) is 135 cm³/mol. The SMILES string of the molecule is CC1=NC(NC(=O)Nc2cccc(C)c2)C(=O)N(CC(=O)N2CCC(O)CC2)c2c(C)cccc21. The van der Waals surface area contributed by atoms with Crippen molar-refractivity contribution in [3.05, 3.63) is 59.2 Å². The number of aliphatic hydroxyl groups excluding tert-OH is 1. The molecular weight excluding hydrogens is 446 g/mol. The number of urea groups is 1. The molecule has 9 nitrogen and oxygen atoms in total. The van der Waals surface area contributed by atoms with Gasteiger partial charge in [0, 0.05) is 30.1 Å². The van der Waals surface area contributed by atoms with E-state index in [-0.39, 0.29) is 12.5 Å². The van der Waals surface area contributed by atoms with Crippen molar-refractivity contribution in [1.82, 2.24) is 10.2 Å². The van der Waals surface area contributed by atoms with Crippen LogP contribution in [-0.4, -0.2) is 65.5 Å². The Balaban J connectivity index is 1.59. The van der Waals surface area contributed by atoms with Crippen molar-refractivity contribution in [2.45, 2.75) is 45.9 Å². The molecule has 2 aliphatic heterocycles. The van der Waals surface area contributed by atoms with Gasteiger partial charge in [-0.3, -0.25) is 19.5 Å². The number of carbonyl (C=O) groups excluding carboxylic acids is 3. The van der Waals surface area contributed by atoms with Crippen molar-refractivity contribution < 1.29 is 19.5 Å². The molecule has 1 unspecified atom stereocenters. The van der Waals surface area contributed by atoms with Gasteiger partial charge in [-0.05, 0) is 56.9 Å². The molecule has 1 saturated heterocycles. The van der Waals surface area contributed by atoms with E-state index in [9.17, 15) is 19.5 Å². The lowest BCUT2D eigenvalue weighted by Crippen LogP contribution is -2.52. The summed E-state index contributed by atoms with van der Waals surface area (Å²) in [6.45, 7) is 6.30. The van der Waals surface area contributed by atoms with Crippen molar-refractivity contribution in [1.29, 1.82) is 0 Å². The molecule has 0 saturated carbocycles. The van der Waals surface area contributed by atoms with Crippen LogP contribution in [0.3, 0.4) is 0 Å². The minimum absolute atomic E-state index is 0.173. The van der Waals surface area contributed by atoms with Gasteiger partial charge in [-0.1, -0.05) is 30.3 Å². The number of piperidine rings is 1. The molecule has 3 N–H and O–H groups in total. The van der Waals surface area contributed by atoms with E-state index in [1.54, 1.807) is 17.9 Å². The number of aliphatic imine (C=N–C) groups is 1. The molecule has 9 heteroatoms. The van der Waals surface area contributed by atoms with E-state index in [0.29, 0.717) is 43.0 Å². The van der Waals surface area contributed by atoms with Gasteiger partial charge in [0.15, 0.2) is 0 Å². The van der Waals surface area contributed by atoms with Gasteiger partial charge in [-0.25, -0.2) is 4.79 Å². The fraction of sp³-hybridized carbons (Fsp3) is 0.385. The van der Waals surface area contributed by atoms with E-state index in [2.05, 4.69) is 15.6 Å². The summed E-state index contributed by atoms with van der Waals surface area (Å²) in [5.41, 5.74) is 4.37. The zero-order chi connectivity index (χ0) is 25.1. The van der Waals surface area contributed by atoms with E-state index < -0.39 is 24.2 Å². The molecule has 2 heterocycles. The number of benzene rings is 2. The van der Waals surface area contributed by atoms with Crippen molar-refractivity contribution in [3.8, 4) is 0 Å². The molecule has 0 spiro atoms. The minimum atomic E-state index is -1.19. The number of anilines is 2. The first-order chi connectivity index (χ1) is 16.7. The van der Waals surface area contributed by atoms with Crippen molar-refractivity contribution in [3.63, 3.8) is 0 Å². The Morgan fingerprint density at radius 2 is 1.80 bits per heavy atom. The Kier molecular flexibility index (Phi) is 7.16. The first kappa shape index (κ1) is 24.4. The van der Waals surface area contributed by atoms with Crippen LogP contribution >= 0.6 is 0 Å². The number of nitrogens with one attached hydrogen (secondary N) is 2. The summed E-state index contributed by atoms with van der Waals surface area (Å²) in [6, 6.07) is 12.4. The number of fused-ring (bicyclic) bond motifs is 1. The molecule has 4 amide bonds. The number of aryl methyl sites for hydroxylation is 2. The van der Waals surface area contributed by atoms with Crippen LogP contribution < -0.4 is 15.5 Å². The second-order valence-corrected chi connectivity index (χ2v) is 9.09. The highest BCUT2D eigenvalue weighted by Crippen LogP contribution is 2.29. The van der Waals surface area contributed by atoms with Crippen molar-refractivity contribution in [2.75, 3.05) is 29.9 Å². The van der Waals surface area contributed by atoms with E-state index in [0.717, 1.165) is 16.7 Å². The molecule has 35 heavy (non-hydrogen) atoms. The van der Waals surface area contributed by atoms with Crippen LogP contribution in [0.1, 0.15) is 36.5 Å². The number of hydrogen-bond donors (Lipinski definition) is 3. The van der Waals surface area contributed by atoms with Crippen LogP contribution in [0.5, 0.6) is 0 Å². The van der Waals surface area contributed by atoms with E-state index in [1.807, 2.05) is 50.2 Å². The number of para-hydroxylation sites is 1. The lowest BCUT2D eigenvalue weighted by molar-refractivity contribution is -0.133. The average Bonchev–Trinajstić information content (AvgIpc) is 2.90. The van der Waals surface area contributed by atoms with Crippen LogP contribution in [0.2, 0.25) is 0 Å². The van der Waals surface area contributed by atoms with Gasteiger partial charge in [-0.2, -0.15) is 0 Å². The molecule has 1 fully saturated rings. The molecular formula is C26H31N5O4. The maximum atomic E-state index is 13.7. The number of aliphatic hydroxyl groups is 1. The van der Waals surface area contributed by atoms with E-state index in [1.165, 1.54) is 4.90 Å². The summed E-state index contributed by atoms with van der Waals surface area (Å²) < 4.78 is 0. The first-order valence-electron chi connectivity index (χ1n) is 11.8. The normalized spacial score (nSPS) is 18.5. The zero-order valence-electron chi connectivity index (χ0n) is 20.2. The second kappa shape index (κ2) is 10.3. The number of benzodiazepines with no additional fused rings is 1. The molecule has 0 aliphatic carbocycles. The van der Waals surface area contributed by atoms with E-state index in [4.69, 9.17) is 0 Å². The summed E-state index contributed by atoms with van der Waals surface area (Å²) in [5.74, 6) is -0.691. The van der Waals surface area contributed by atoms with Crippen LogP contribution in [0, 0.1) is 13.8 Å². The Morgan fingerprint density at radius 3 is 2.51 bits per heavy atom. The third-order valence-electron chi connectivity index (χ3n) is 6.37. The summed E-state index contributed by atoms with van der Waals surface area (Å²) in [6.07, 6.45) is -0.567. The molecule has 0 aromatic heterocycles. The largest absolute Gasteiger partial charge is 0.393 e. The number of amides is 4. The maximum absolute atomic E-state index is 13.7. The number of carbonyl (C=O) groups is 3. The van der Waals surface area contributed by atoms with Crippen LogP contribution in [0.15, 0.2) is 47.5 Å². The Hall–Kier alpha value is -3.72. The predicted octanol–water partition coefficient (Wildman–Crippen LogP) is 2.59. The molecule has 2 aromatic rings. The van der Waals surface area contributed by atoms with Crippen LogP contribution in [0.4, 0.5) is 16.2 Å². The lowest BCUT2D eigenvalue weighted by Gasteiger charge is -2.33. The van der Waals surface area contributed by atoms with E-state index >= 15 is 0 Å². The fourth-order valence-electron chi connectivity index (χ4n) is 4.50. The lowest BCUT2D eigenvalue weighted by atomic mass is 10.0. The third-order valence-corrected chi connectivity index (χ3v) is 6.37. The quantitative estimate of drug-likeness (QED) is 0.628. The maximum Gasteiger partial charge on any atom is 0.321 e. The van der Waals surface area contributed by atoms with Gasteiger partial charge in [0.05, 0.1) is 11.8 Å². The Morgan fingerprint density at radius 1 is 1.09 bits per heavy atom. The molecule has 1 atom stereocenters. The van der Waals surface area contributed by atoms with Gasteiger partial charge in [0.25, 0.3) is 5.91 Å². The van der Waals surface area contributed by atoms with Crippen LogP contribution in [0.25, 0.3) is 0 Å². The van der Waals surface area contributed by atoms with Gasteiger partial charge in [0.1, 0.15) is 6.54 Å².